The van der Waals surface area contributed by atoms with Gasteiger partial charge < -0.3 is 19.7 Å². The van der Waals surface area contributed by atoms with Gasteiger partial charge in [-0.2, -0.15) is 0 Å². The highest BCUT2D eigenvalue weighted by Gasteiger charge is 2.10. The molecule has 0 aliphatic carbocycles. The van der Waals surface area contributed by atoms with Gasteiger partial charge in [0.2, 0.25) is 0 Å². The van der Waals surface area contributed by atoms with Crippen LogP contribution in [0.3, 0.4) is 0 Å². The average Bonchev–Trinajstić information content (AvgIpc) is 3.26. The molecule has 0 amide bonds. The lowest BCUT2D eigenvalue weighted by Crippen LogP contribution is -2.36. The number of imidazole rings is 1. The third-order valence-electron chi connectivity index (χ3n) is 4.09. The summed E-state index contributed by atoms with van der Waals surface area (Å²) in [5, 5.41) is 10.3. The number of halogens is 1. The molecule has 26 heavy (non-hydrogen) atoms. The first-order chi connectivity index (χ1) is 12.6. The maximum Gasteiger partial charge on any atom is 0.191 e. The second kappa shape index (κ2) is 7.81. The van der Waals surface area contributed by atoms with Crippen LogP contribution >= 0.6 is 0 Å². The molecule has 2 aromatic heterocycles. The van der Waals surface area contributed by atoms with Gasteiger partial charge in [0.1, 0.15) is 11.6 Å². The van der Waals surface area contributed by atoms with Crippen molar-refractivity contribution in [1.29, 1.82) is 0 Å². The molecule has 0 atom stereocenters. The molecule has 0 unspecified atom stereocenters. The predicted octanol–water partition coefficient (Wildman–Crippen LogP) is 2.48. The van der Waals surface area contributed by atoms with Crippen molar-refractivity contribution >= 4 is 5.96 Å². The molecule has 0 radical (unpaired) electrons. The number of benzene rings is 1. The van der Waals surface area contributed by atoms with E-state index in [9.17, 15) is 4.39 Å². The Morgan fingerprint density at radius 2 is 2.08 bits per heavy atom. The number of aryl methyl sites for hydroxylation is 2. The average molecular weight is 356 g/mol. The van der Waals surface area contributed by atoms with Gasteiger partial charge in [0, 0.05) is 38.1 Å². The highest BCUT2D eigenvalue weighted by atomic mass is 19.1. The van der Waals surface area contributed by atoms with Gasteiger partial charge in [-0.3, -0.25) is 4.99 Å². The van der Waals surface area contributed by atoms with Crippen molar-refractivity contribution < 1.29 is 8.91 Å². The first-order valence-corrected chi connectivity index (χ1v) is 8.21. The Morgan fingerprint density at radius 3 is 2.69 bits per heavy atom. The Hall–Kier alpha value is -3.16. The quantitative estimate of drug-likeness (QED) is 0.542. The van der Waals surface area contributed by atoms with Gasteiger partial charge in [-0.05, 0) is 31.5 Å². The summed E-state index contributed by atoms with van der Waals surface area (Å²) in [6.07, 6.45) is 4.89. The van der Waals surface area contributed by atoms with Crippen molar-refractivity contribution in [3.05, 3.63) is 65.3 Å². The number of rotatable bonds is 5. The summed E-state index contributed by atoms with van der Waals surface area (Å²) in [4.78, 5) is 8.12. The number of hydrogen-bond acceptors (Lipinski definition) is 4. The van der Waals surface area contributed by atoms with Gasteiger partial charge >= 0.3 is 0 Å². The Morgan fingerprint density at radius 1 is 1.27 bits per heavy atom. The molecule has 3 rings (SSSR count). The molecule has 0 saturated heterocycles. The molecule has 7 nitrogen and oxygen atoms in total. The van der Waals surface area contributed by atoms with Crippen LogP contribution in [-0.2, 0) is 13.1 Å². The minimum atomic E-state index is -0.305. The van der Waals surface area contributed by atoms with Gasteiger partial charge in [-0.15, -0.1) is 0 Å². The summed E-state index contributed by atoms with van der Waals surface area (Å²) in [7, 11) is 1.69. The van der Waals surface area contributed by atoms with Crippen molar-refractivity contribution in [2.75, 3.05) is 7.05 Å². The molecule has 2 N–H and O–H groups in total. The van der Waals surface area contributed by atoms with Crippen LogP contribution in [0.25, 0.3) is 5.69 Å². The van der Waals surface area contributed by atoms with Crippen LogP contribution in [0.1, 0.15) is 22.6 Å². The van der Waals surface area contributed by atoms with Crippen molar-refractivity contribution in [2.45, 2.75) is 26.9 Å². The zero-order chi connectivity index (χ0) is 18.5. The topological polar surface area (TPSA) is 80.3 Å². The molecule has 0 aliphatic rings. The summed E-state index contributed by atoms with van der Waals surface area (Å²) >= 11 is 0. The predicted molar refractivity (Wildman–Crippen MR) is 96.5 cm³/mol. The molecule has 0 saturated carbocycles. The molecule has 0 bridgehead atoms. The Labute approximate surface area is 150 Å². The van der Waals surface area contributed by atoms with E-state index in [2.05, 4.69) is 25.8 Å². The Balaban J connectivity index is 1.59. The highest BCUT2D eigenvalue weighted by molar-refractivity contribution is 5.79. The van der Waals surface area contributed by atoms with Crippen LogP contribution in [0.15, 0.2) is 46.4 Å². The SMILES string of the molecule is CN=C(NCc1ccc(-n2ccnc2)c(F)c1)NCc1c(C)noc1C. The summed E-state index contributed by atoms with van der Waals surface area (Å²) in [5.74, 6) is 1.09. The first-order valence-electron chi connectivity index (χ1n) is 8.21. The zero-order valence-corrected chi connectivity index (χ0v) is 15.0. The second-order valence-corrected chi connectivity index (χ2v) is 5.84. The van der Waals surface area contributed by atoms with Crippen molar-refractivity contribution in [3.8, 4) is 5.69 Å². The van der Waals surface area contributed by atoms with Crippen LogP contribution in [0.4, 0.5) is 4.39 Å². The van der Waals surface area contributed by atoms with Crippen molar-refractivity contribution in [2.24, 2.45) is 4.99 Å². The third kappa shape index (κ3) is 3.90. The molecule has 0 spiro atoms. The van der Waals surface area contributed by atoms with Gasteiger partial charge in [0.25, 0.3) is 0 Å². The lowest BCUT2D eigenvalue weighted by molar-refractivity contribution is 0.392. The molecule has 0 aliphatic heterocycles. The van der Waals surface area contributed by atoms with Gasteiger partial charge in [-0.1, -0.05) is 11.2 Å². The van der Waals surface area contributed by atoms with Crippen LogP contribution < -0.4 is 10.6 Å². The number of guanidine groups is 1. The summed E-state index contributed by atoms with van der Waals surface area (Å²) in [6.45, 7) is 4.77. The normalized spacial score (nSPS) is 11.6. The monoisotopic (exact) mass is 356 g/mol. The molecular formula is C18H21FN6O. The van der Waals surface area contributed by atoms with Crippen LogP contribution in [0, 0.1) is 19.7 Å². The van der Waals surface area contributed by atoms with Gasteiger partial charge in [0.15, 0.2) is 5.96 Å². The molecule has 3 aromatic rings. The standard InChI is InChI=1S/C18H21FN6O/c1-12-15(13(2)26-24-12)10-23-18(20-3)22-9-14-4-5-17(16(19)8-14)25-7-6-21-11-25/h4-8,11H,9-10H2,1-3H3,(H2,20,22,23). The minimum Gasteiger partial charge on any atom is -0.361 e. The molecule has 8 heteroatoms. The van der Waals surface area contributed by atoms with Crippen LogP contribution in [0.2, 0.25) is 0 Å². The van der Waals surface area contributed by atoms with E-state index in [4.69, 9.17) is 4.52 Å². The summed E-state index contributed by atoms with van der Waals surface area (Å²) in [5.41, 5.74) is 3.13. The lowest BCUT2D eigenvalue weighted by atomic mass is 10.2. The maximum atomic E-state index is 14.3. The first kappa shape index (κ1) is 17.7. The molecule has 136 valence electrons. The minimum absolute atomic E-state index is 0.305. The van der Waals surface area contributed by atoms with E-state index in [1.165, 1.54) is 6.07 Å². The summed E-state index contributed by atoms with van der Waals surface area (Å²) < 4.78 is 21.1. The third-order valence-corrected chi connectivity index (χ3v) is 4.09. The van der Waals surface area contributed by atoms with Gasteiger partial charge in [-0.25, -0.2) is 9.37 Å². The number of aromatic nitrogens is 3. The molecule has 1 aromatic carbocycles. The van der Waals surface area contributed by atoms with Gasteiger partial charge in [0.05, 0.1) is 17.7 Å². The fourth-order valence-corrected chi connectivity index (χ4v) is 2.60. The smallest absolute Gasteiger partial charge is 0.191 e. The van der Waals surface area contributed by atoms with E-state index >= 15 is 0 Å². The highest BCUT2D eigenvalue weighted by Crippen LogP contribution is 2.15. The fourth-order valence-electron chi connectivity index (χ4n) is 2.60. The number of nitrogens with one attached hydrogen (secondary N) is 2. The molecular weight excluding hydrogens is 335 g/mol. The zero-order valence-electron chi connectivity index (χ0n) is 15.0. The molecule has 0 fully saturated rings. The Kier molecular flexibility index (Phi) is 5.31. The summed E-state index contributed by atoms with van der Waals surface area (Å²) in [6, 6.07) is 5.10. The van der Waals surface area contributed by atoms with E-state index in [-0.39, 0.29) is 5.82 Å². The number of nitrogens with zero attached hydrogens (tertiary/aromatic N) is 4. The fraction of sp³-hybridized carbons (Fsp3) is 0.278. The maximum absolute atomic E-state index is 14.3. The largest absolute Gasteiger partial charge is 0.361 e. The lowest BCUT2D eigenvalue weighted by Gasteiger charge is -2.12. The van der Waals surface area contributed by atoms with Crippen LogP contribution in [0.5, 0.6) is 0 Å². The number of aliphatic imine (C=N–C) groups is 1. The van der Waals surface area contributed by atoms with E-state index in [1.54, 1.807) is 36.4 Å². The van der Waals surface area contributed by atoms with E-state index < -0.39 is 0 Å². The van der Waals surface area contributed by atoms with Crippen molar-refractivity contribution in [1.82, 2.24) is 25.3 Å². The number of hydrogen-bond donors (Lipinski definition) is 2. The molecule has 2 heterocycles. The Bertz CT molecular complexity index is 881. The van der Waals surface area contributed by atoms with E-state index in [0.29, 0.717) is 24.7 Å². The second-order valence-electron chi connectivity index (χ2n) is 5.84. The van der Waals surface area contributed by atoms with Crippen LogP contribution in [-0.4, -0.2) is 27.7 Å². The van der Waals surface area contributed by atoms with Crippen molar-refractivity contribution in [3.63, 3.8) is 0 Å². The van der Waals surface area contributed by atoms with E-state index in [0.717, 1.165) is 22.6 Å². The van der Waals surface area contributed by atoms with E-state index in [1.807, 2.05) is 19.9 Å².